The van der Waals surface area contributed by atoms with Crippen LogP contribution >= 0.6 is 0 Å². The summed E-state index contributed by atoms with van der Waals surface area (Å²) in [5.41, 5.74) is 2.40. The Morgan fingerprint density at radius 3 is 2.41 bits per heavy atom. The van der Waals surface area contributed by atoms with Crippen LogP contribution in [0.5, 0.6) is 0 Å². The molecule has 0 unspecified atom stereocenters. The highest BCUT2D eigenvalue weighted by atomic mass is 16.2. The number of nitrogens with zero attached hydrogens (tertiary/aromatic N) is 1. The number of hydrogen-bond acceptors (Lipinski definition) is 2. The van der Waals surface area contributed by atoms with Gasteiger partial charge in [0.25, 0.3) is 5.91 Å². The molecular weight excluding hydrogens is 276 g/mol. The van der Waals surface area contributed by atoms with Crippen LogP contribution in [0, 0.1) is 0 Å². The van der Waals surface area contributed by atoms with Gasteiger partial charge in [0, 0.05) is 30.4 Å². The average molecular weight is 292 g/mol. The highest BCUT2D eigenvalue weighted by molar-refractivity contribution is 6.04. The molecule has 22 heavy (non-hydrogen) atoms. The van der Waals surface area contributed by atoms with Crippen molar-refractivity contribution in [2.24, 2.45) is 0 Å². The van der Waals surface area contributed by atoms with Crippen LogP contribution in [0.1, 0.15) is 15.9 Å². The molecule has 1 aliphatic heterocycles. The predicted octanol–water partition coefficient (Wildman–Crippen LogP) is 2.84. The van der Waals surface area contributed by atoms with Gasteiger partial charge in [-0.05, 0) is 29.8 Å². The Kier molecular flexibility index (Phi) is 4.01. The maximum Gasteiger partial charge on any atom is 0.255 e. The van der Waals surface area contributed by atoms with Crippen molar-refractivity contribution in [1.29, 1.82) is 0 Å². The van der Waals surface area contributed by atoms with Crippen LogP contribution in [0.25, 0.3) is 0 Å². The summed E-state index contributed by atoms with van der Waals surface area (Å²) in [7, 11) is 0. The molecule has 0 atom stereocenters. The Labute approximate surface area is 129 Å². The van der Waals surface area contributed by atoms with Gasteiger partial charge in [-0.25, -0.2) is 0 Å². The summed E-state index contributed by atoms with van der Waals surface area (Å²) in [4.78, 5) is 25.3. The molecule has 1 heterocycles. The largest absolute Gasteiger partial charge is 0.331 e. The second-order valence-corrected chi connectivity index (χ2v) is 5.14. The van der Waals surface area contributed by atoms with Crippen molar-refractivity contribution in [2.45, 2.75) is 6.54 Å². The average Bonchev–Trinajstić information content (AvgIpc) is 2.95. The molecule has 1 N–H and O–H groups in total. The Balaban J connectivity index is 1.62. The minimum atomic E-state index is -0.132. The molecule has 0 aliphatic carbocycles. The first-order chi connectivity index (χ1) is 10.7. The molecule has 0 saturated heterocycles. The van der Waals surface area contributed by atoms with E-state index in [2.05, 4.69) is 5.32 Å². The van der Waals surface area contributed by atoms with Crippen LogP contribution in [0.3, 0.4) is 0 Å². The smallest absolute Gasteiger partial charge is 0.255 e. The minimum Gasteiger partial charge on any atom is -0.331 e. The molecule has 110 valence electrons. The summed E-state index contributed by atoms with van der Waals surface area (Å²) in [6.07, 6.45) is 3.45. The molecule has 0 fully saturated rings. The zero-order valence-electron chi connectivity index (χ0n) is 12.0. The van der Waals surface area contributed by atoms with Gasteiger partial charge in [0.1, 0.15) is 0 Å². The first-order valence-corrected chi connectivity index (χ1v) is 7.13. The summed E-state index contributed by atoms with van der Waals surface area (Å²) < 4.78 is 0. The second kappa shape index (κ2) is 6.26. The third-order valence-corrected chi connectivity index (χ3v) is 3.52. The van der Waals surface area contributed by atoms with Gasteiger partial charge in [-0.3, -0.25) is 9.59 Å². The maximum atomic E-state index is 12.0. The SMILES string of the molecule is O=C(Nc1ccc(CN2CC=CC2=O)cc1)c1ccccc1. The van der Waals surface area contributed by atoms with Gasteiger partial charge in [-0.15, -0.1) is 0 Å². The van der Waals surface area contributed by atoms with Gasteiger partial charge in [0.15, 0.2) is 0 Å². The fraction of sp³-hybridized carbons (Fsp3) is 0.111. The highest BCUT2D eigenvalue weighted by Gasteiger charge is 2.14. The Morgan fingerprint density at radius 1 is 1.05 bits per heavy atom. The van der Waals surface area contributed by atoms with Gasteiger partial charge < -0.3 is 10.2 Å². The Morgan fingerprint density at radius 2 is 1.77 bits per heavy atom. The van der Waals surface area contributed by atoms with Crippen molar-refractivity contribution >= 4 is 17.5 Å². The molecule has 2 amide bonds. The van der Waals surface area contributed by atoms with E-state index >= 15 is 0 Å². The summed E-state index contributed by atoms with van der Waals surface area (Å²) in [5.74, 6) is -0.0891. The molecule has 3 rings (SSSR count). The number of carbonyl (C=O) groups is 2. The third-order valence-electron chi connectivity index (χ3n) is 3.52. The quantitative estimate of drug-likeness (QED) is 0.942. The van der Waals surface area contributed by atoms with Crippen LogP contribution in [0.4, 0.5) is 5.69 Å². The zero-order chi connectivity index (χ0) is 15.4. The van der Waals surface area contributed by atoms with Crippen LogP contribution in [-0.4, -0.2) is 23.3 Å². The molecule has 0 bridgehead atoms. The van der Waals surface area contributed by atoms with Gasteiger partial charge in [-0.1, -0.05) is 36.4 Å². The van der Waals surface area contributed by atoms with Gasteiger partial charge >= 0.3 is 0 Å². The normalized spacial score (nSPS) is 13.5. The number of amides is 2. The first kappa shape index (κ1) is 14.1. The summed E-state index contributed by atoms with van der Waals surface area (Å²) in [5, 5.41) is 2.86. The minimum absolute atomic E-state index is 0.0430. The van der Waals surface area contributed by atoms with E-state index < -0.39 is 0 Å². The lowest BCUT2D eigenvalue weighted by Gasteiger charge is -2.15. The van der Waals surface area contributed by atoms with Crippen LogP contribution < -0.4 is 5.32 Å². The lowest BCUT2D eigenvalue weighted by atomic mass is 10.1. The van der Waals surface area contributed by atoms with E-state index in [1.165, 1.54) is 0 Å². The van der Waals surface area contributed by atoms with Crippen molar-refractivity contribution in [3.63, 3.8) is 0 Å². The topological polar surface area (TPSA) is 49.4 Å². The van der Waals surface area contributed by atoms with E-state index in [1.54, 1.807) is 23.1 Å². The predicted molar refractivity (Wildman–Crippen MR) is 85.4 cm³/mol. The molecule has 1 aliphatic rings. The Hall–Kier alpha value is -2.88. The van der Waals surface area contributed by atoms with Crippen molar-refractivity contribution in [3.8, 4) is 0 Å². The third kappa shape index (κ3) is 3.23. The molecule has 0 aromatic heterocycles. The van der Waals surface area contributed by atoms with Crippen molar-refractivity contribution < 1.29 is 9.59 Å². The number of carbonyl (C=O) groups excluding carboxylic acids is 2. The number of nitrogens with one attached hydrogen (secondary N) is 1. The van der Waals surface area contributed by atoms with E-state index in [9.17, 15) is 9.59 Å². The standard InChI is InChI=1S/C18H16N2O2/c21-17-7-4-12-20(17)13-14-8-10-16(11-9-14)19-18(22)15-5-2-1-3-6-15/h1-11H,12-13H2,(H,19,22). The van der Waals surface area contributed by atoms with Gasteiger partial charge in [-0.2, -0.15) is 0 Å². The summed E-state index contributed by atoms with van der Waals surface area (Å²) in [6, 6.07) is 16.6. The monoisotopic (exact) mass is 292 g/mol. The second-order valence-electron chi connectivity index (χ2n) is 5.14. The van der Waals surface area contributed by atoms with Gasteiger partial charge in [0.05, 0.1) is 0 Å². The highest BCUT2D eigenvalue weighted by Crippen LogP contribution is 2.14. The van der Waals surface area contributed by atoms with Crippen molar-refractivity contribution in [3.05, 3.63) is 77.9 Å². The lowest BCUT2D eigenvalue weighted by molar-refractivity contribution is -0.125. The van der Waals surface area contributed by atoms with Crippen molar-refractivity contribution in [2.75, 3.05) is 11.9 Å². The fourth-order valence-corrected chi connectivity index (χ4v) is 2.33. The molecule has 4 nitrogen and oxygen atoms in total. The van der Waals surface area contributed by atoms with Crippen LogP contribution in [0.2, 0.25) is 0 Å². The fourth-order valence-electron chi connectivity index (χ4n) is 2.33. The number of rotatable bonds is 4. The molecular formula is C18H16N2O2. The molecule has 0 saturated carbocycles. The van der Waals surface area contributed by atoms with E-state index in [-0.39, 0.29) is 11.8 Å². The molecule has 2 aromatic carbocycles. The molecule has 0 radical (unpaired) electrons. The summed E-state index contributed by atoms with van der Waals surface area (Å²) in [6.45, 7) is 1.24. The van der Waals surface area contributed by atoms with Crippen LogP contribution in [-0.2, 0) is 11.3 Å². The van der Waals surface area contributed by atoms with E-state index in [1.807, 2.05) is 48.5 Å². The molecule has 4 heteroatoms. The number of anilines is 1. The van der Waals surface area contributed by atoms with Crippen LogP contribution in [0.15, 0.2) is 66.7 Å². The van der Waals surface area contributed by atoms with Crippen molar-refractivity contribution in [1.82, 2.24) is 4.90 Å². The van der Waals surface area contributed by atoms with Gasteiger partial charge in [0.2, 0.25) is 5.91 Å². The number of hydrogen-bond donors (Lipinski definition) is 1. The first-order valence-electron chi connectivity index (χ1n) is 7.13. The molecule has 2 aromatic rings. The van der Waals surface area contributed by atoms with E-state index in [0.29, 0.717) is 18.7 Å². The Bertz CT molecular complexity index is 706. The number of benzene rings is 2. The lowest BCUT2D eigenvalue weighted by Crippen LogP contribution is -2.24. The summed E-state index contributed by atoms with van der Waals surface area (Å²) >= 11 is 0. The molecule has 0 spiro atoms. The maximum absolute atomic E-state index is 12.0. The van der Waals surface area contributed by atoms with E-state index in [4.69, 9.17) is 0 Å². The van der Waals surface area contributed by atoms with E-state index in [0.717, 1.165) is 11.3 Å². The zero-order valence-corrected chi connectivity index (χ0v) is 12.0.